The molecule has 1 aliphatic rings. The molecule has 192 valence electrons. The molecule has 1 saturated heterocycles. The highest BCUT2D eigenvalue weighted by molar-refractivity contribution is 5.78. The van der Waals surface area contributed by atoms with Crippen LogP contribution in [0.4, 0.5) is 0 Å². The van der Waals surface area contributed by atoms with Crippen molar-refractivity contribution in [2.24, 2.45) is 5.92 Å². The number of piperidine rings is 1. The molecule has 1 rings (SSSR count). The molecule has 1 aliphatic heterocycles. The Morgan fingerprint density at radius 1 is 1.00 bits per heavy atom. The van der Waals surface area contributed by atoms with Gasteiger partial charge in [0, 0.05) is 36.0 Å². The molecular weight excluding hydrogens is 414 g/mol. The first-order valence-corrected chi connectivity index (χ1v) is 13.1. The lowest BCUT2D eigenvalue weighted by Crippen LogP contribution is -2.62. The molecule has 1 heterocycles. The van der Waals surface area contributed by atoms with Gasteiger partial charge in [-0.15, -0.1) is 0 Å². The maximum absolute atomic E-state index is 12.6. The highest BCUT2D eigenvalue weighted by Crippen LogP contribution is 2.36. The topological polar surface area (TPSA) is 81.7 Å². The zero-order valence-corrected chi connectivity index (χ0v) is 22.4. The Morgan fingerprint density at radius 2 is 1.58 bits per heavy atom. The van der Waals surface area contributed by atoms with Crippen molar-refractivity contribution < 1.29 is 14.8 Å². The second kappa shape index (κ2) is 14.1. The summed E-state index contributed by atoms with van der Waals surface area (Å²) in [5.74, 6) is 0.539. The maximum atomic E-state index is 12.6. The number of rotatable bonds is 14. The molecule has 0 aromatic rings. The van der Waals surface area contributed by atoms with Crippen molar-refractivity contribution in [2.45, 2.75) is 142 Å². The van der Waals surface area contributed by atoms with Crippen molar-refractivity contribution in [1.29, 1.82) is 0 Å². The van der Waals surface area contributed by atoms with Crippen molar-refractivity contribution in [3.63, 3.8) is 0 Å². The van der Waals surface area contributed by atoms with Crippen LogP contribution in [-0.2, 0) is 9.59 Å². The molecule has 1 fully saturated rings. The monoisotopic (exact) mass is 465 g/mol. The third-order valence-corrected chi connectivity index (χ3v) is 6.50. The highest BCUT2D eigenvalue weighted by Gasteiger charge is 2.45. The van der Waals surface area contributed by atoms with Crippen molar-refractivity contribution in [3.8, 4) is 0 Å². The largest absolute Gasteiger partial charge is 0.353 e. The number of nitrogens with zero attached hydrogens (tertiary/aromatic N) is 1. The van der Waals surface area contributed by atoms with Crippen LogP contribution in [0.2, 0.25) is 0 Å². The molecule has 0 aliphatic carbocycles. The van der Waals surface area contributed by atoms with E-state index < -0.39 is 11.1 Å². The van der Waals surface area contributed by atoms with Crippen LogP contribution in [0.1, 0.15) is 119 Å². The molecule has 33 heavy (non-hydrogen) atoms. The van der Waals surface area contributed by atoms with E-state index in [-0.39, 0.29) is 23.9 Å². The number of hydroxylamine groups is 2. The van der Waals surface area contributed by atoms with Crippen molar-refractivity contribution in [3.05, 3.63) is 12.2 Å². The van der Waals surface area contributed by atoms with Gasteiger partial charge in [0.1, 0.15) is 0 Å². The maximum Gasteiger partial charge on any atom is 0.224 e. The predicted molar refractivity (Wildman–Crippen MR) is 136 cm³/mol. The van der Waals surface area contributed by atoms with Gasteiger partial charge in [0.05, 0.1) is 0 Å². The minimum absolute atomic E-state index is 0.0176. The minimum atomic E-state index is -0.391. The second-order valence-electron chi connectivity index (χ2n) is 11.6. The molecule has 0 saturated carbocycles. The van der Waals surface area contributed by atoms with Crippen LogP contribution in [0.25, 0.3) is 0 Å². The van der Waals surface area contributed by atoms with Gasteiger partial charge in [-0.3, -0.25) is 9.59 Å². The zero-order chi connectivity index (χ0) is 25.1. The second-order valence-corrected chi connectivity index (χ2v) is 11.6. The van der Waals surface area contributed by atoms with Gasteiger partial charge in [-0.1, -0.05) is 65.0 Å². The standard InChI is InChI=1S/C27H51N3O3/c1-8-9-10-11-12-13-16-24(31)28-22(18-21(2)3)15-14-17-25(32)29-23-19-26(4,5)30(33)27(6,7)20-23/h14-15,21-23,33H,8-13,16-20H2,1-7H3,(H,28,31)(H,29,32)/b15-14+. The fraction of sp³-hybridized carbons (Fsp3) is 0.852. The quantitative estimate of drug-likeness (QED) is 0.226. The smallest absolute Gasteiger partial charge is 0.224 e. The van der Waals surface area contributed by atoms with E-state index in [0.29, 0.717) is 31.6 Å². The summed E-state index contributed by atoms with van der Waals surface area (Å²) in [6.07, 6.45) is 14.0. The normalized spacial score (nSPS) is 19.7. The first kappa shape index (κ1) is 29.6. The first-order valence-electron chi connectivity index (χ1n) is 13.1. The predicted octanol–water partition coefficient (Wildman–Crippen LogP) is 5.74. The number of unbranched alkanes of at least 4 members (excludes halogenated alkanes) is 5. The molecule has 6 heteroatoms. The fourth-order valence-corrected chi connectivity index (χ4v) is 5.04. The van der Waals surface area contributed by atoms with Crippen molar-refractivity contribution >= 4 is 11.8 Å². The van der Waals surface area contributed by atoms with Gasteiger partial charge in [-0.2, -0.15) is 5.06 Å². The Labute approximate surface area is 202 Å². The van der Waals surface area contributed by atoms with Crippen LogP contribution >= 0.6 is 0 Å². The average molecular weight is 466 g/mol. The number of carbonyl (C=O) groups is 2. The van der Waals surface area contributed by atoms with Gasteiger partial charge in [0.15, 0.2) is 0 Å². The summed E-state index contributed by atoms with van der Waals surface area (Å²) in [6.45, 7) is 14.5. The zero-order valence-electron chi connectivity index (χ0n) is 22.4. The number of hydrogen-bond donors (Lipinski definition) is 3. The van der Waals surface area contributed by atoms with Crippen LogP contribution in [0.3, 0.4) is 0 Å². The summed E-state index contributed by atoms with van der Waals surface area (Å²) in [7, 11) is 0. The Kier molecular flexibility index (Phi) is 12.7. The summed E-state index contributed by atoms with van der Waals surface area (Å²) in [5.41, 5.74) is -0.781. The molecule has 0 bridgehead atoms. The number of carbonyl (C=O) groups excluding carboxylic acids is 2. The van der Waals surface area contributed by atoms with Crippen LogP contribution in [0.15, 0.2) is 12.2 Å². The third kappa shape index (κ3) is 11.5. The van der Waals surface area contributed by atoms with Crippen LogP contribution in [0, 0.1) is 5.92 Å². The van der Waals surface area contributed by atoms with Gasteiger partial charge >= 0.3 is 0 Å². The van der Waals surface area contributed by atoms with Gasteiger partial charge in [0.2, 0.25) is 11.8 Å². The van der Waals surface area contributed by atoms with E-state index in [0.717, 1.165) is 19.3 Å². The summed E-state index contributed by atoms with van der Waals surface area (Å²) in [4.78, 5) is 24.9. The molecule has 0 aromatic heterocycles. The molecule has 2 amide bonds. The summed E-state index contributed by atoms with van der Waals surface area (Å²) in [6, 6.07) is -0.0105. The molecule has 6 nitrogen and oxygen atoms in total. The van der Waals surface area contributed by atoms with Crippen molar-refractivity contribution in [1.82, 2.24) is 15.7 Å². The molecule has 0 aromatic carbocycles. The molecule has 0 spiro atoms. The SMILES string of the molecule is CCCCCCCCC(=O)NC(/C=C/CC(=O)NC1CC(C)(C)N(O)C(C)(C)C1)CC(C)C. The molecule has 1 unspecified atom stereocenters. The molecule has 0 radical (unpaired) electrons. The Morgan fingerprint density at radius 3 is 2.15 bits per heavy atom. The number of hydrogen-bond acceptors (Lipinski definition) is 4. The molecule has 3 N–H and O–H groups in total. The Bertz CT molecular complexity index is 610. The Balaban J connectivity index is 2.49. The fourth-order valence-electron chi connectivity index (χ4n) is 5.04. The Hall–Kier alpha value is -1.40. The summed E-state index contributed by atoms with van der Waals surface area (Å²) in [5, 5.41) is 18.1. The minimum Gasteiger partial charge on any atom is -0.353 e. The van der Waals surface area contributed by atoms with E-state index in [1.165, 1.54) is 30.7 Å². The highest BCUT2D eigenvalue weighted by atomic mass is 16.5. The van der Waals surface area contributed by atoms with Gasteiger partial charge in [0.25, 0.3) is 0 Å². The van der Waals surface area contributed by atoms with E-state index >= 15 is 0 Å². The first-order chi connectivity index (χ1) is 15.4. The van der Waals surface area contributed by atoms with E-state index in [1.807, 2.05) is 39.8 Å². The van der Waals surface area contributed by atoms with E-state index in [9.17, 15) is 14.8 Å². The van der Waals surface area contributed by atoms with Crippen LogP contribution < -0.4 is 10.6 Å². The average Bonchev–Trinajstić information content (AvgIpc) is 2.67. The molecular formula is C27H51N3O3. The lowest BCUT2D eigenvalue weighted by atomic mass is 9.79. The summed E-state index contributed by atoms with van der Waals surface area (Å²) < 4.78 is 0. The number of amides is 2. The van der Waals surface area contributed by atoms with Gasteiger partial charge in [-0.25, -0.2) is 0 Å². The summed E-state index contributed by atoms with van der Waals surface area (Å²) >= 11 is 0. The van der Waals surface area contributed by atoms with E-state index in [4.69, 9.17) is 0 Å². The van der Waals surface area contributed by atoms with Crippen LogP contribution in [-0.4, -0.2) is 45.2 Å². The molecule has 1 atom stereocenters. The lowest BCUT2D eigenvalue weighted by molar-refractivity contribution is -0.246. The number of nitrogens with one attached hydrogen (secondary N) is 2. The third-order valence-electron chi connectivity index (χ3n) is 6.50. The van der Waals surface area contributed by atoms with E-state index in [2.05, 4.69) is 31.4 Å². The van der Waals surface area contributed by atoms with Gasteiger partial charge < -0.3 is 15.8 Å². The van der Waals surface area contributed by atoms with Gasteiger partial charge in [-0.05, 0) is 59.3 Å². The van der Waals surface area contributed by atoms with Crippen LogP contribution in [0.5, 0.6) is 0 Å². The lowest BCUT2D eigenvalue weighted by Gasteiger charge is -2.51. The van der Waals surface area contributed by atoms with Crippen molar-refractivity contribution in [2.75, 3.05) is 0 Å². The van der Waals surface area contributed by atoms with E-state index in [1.54, 1.807) is 0 Å².